The first-order valence-electron chi connectivity index (χ1n) is 6.88. The predicted molar refractivity (Wildman–Crippen MR) is 89.9 cm³/mol. The molecule has 1 amide bonds. The van der Waals surface area contributed by atoms with Crippen molar-refractivity contribution < 1.29 is 9.53 Å². The van der Waals surface area contributed by atoms with E-state index in [0.29, 0.717) is 27.6 Å². The van der Waals surface area contributed by atoms with Crippen LogP contribution in [0, 0.1) is 11.3 Å². The predicted octanol–water partition coefficient (Wildman–Crippen LogP) is 4.66. The fraction of sp³-hybridized carbons (Fsp3) is 0. The lowest BCUT2D eigenvalue weighted by atomic mass is 10.2. The summed E-state index contributed by atoms with van der Waals surface area (Å²) in [6, 6.07) is 20.0. The summed E-state index contributed by atoms with van der Waals surface area (Å²) in [4.78, 5) is 12.3. The van der Waals surface area contributed by atoms with Crippen molar-refractivity contribution >= 4 is 22.2 Å². The van der Waals surface area contributed by atoms with Crippen molar-refractivity contribution in [2.24, 2.45) is 0 Å². The Morgan fingerprint density at radius 2 is 1.83 bits per heavy atom. The molecule has 2 aromatic carbocycles. The third-order valence-electron chi connectivity index (χ3n) is 3.09. The molecule has 0 fully saturated rings. The van der Waals surface area contributed by atoms with E-state index < -0.39 is 0 Å². The van der Waals surface area contributed by atoms with Gasteiger partial charge < -0.3 is 10.1 Å². The molecule has 5 heteroatoms. The quantitative estimate of drug-likeness (QED) is 0.760. The number of nitriles is 1. The van der Waals surface area contributed by atoms with Gasteiger partial charge in [0.25, 0.3) is 5.91 Å². The molecule has 0 saturated heterocycles. The van der Waals surface area contributed by atoms with Gasteiger partial charge in [-0.15, -0.1) is 11.3 Å². The molecule has 0 aliphatic carbocycles. The minimum absolute atomic E-state index is 0.275. The fourth-order valence-electron chi connectivity index (χ4n) is 1.99. The van der Waals surface area contributed by atoms with Crippen molar-refractivity contribution in [2.45, 2.75) is 0 Å². The average Bonchev–Trinajstić information content (AvgIpc) is 3.03. The third kappa shape index (κ3) is 3.57. The molecule has 0 radical (unpaired) electrons. The maximum atomic E-state index is 12.3. The second-order valence-corrected chi connectivity index (χ2v) is 5.59. The molecular weight excluding hydrogens is 308 g/mol. The van der Waals surface area contributed by atoms with Crippen LogP contribution in [0.15, 0.2) is 66.0 Å². The van der Waals surface area contributed by atoms with Crippen LogP contribution in [-0.2, 0) is 0 Å². The Hall–Kier alpha value is -3.10. The number of para-hydroxylation sites is 1. The average molecular weight is 320 g/mol. The third-order valence-corrected chi connectivity index (χ3v) is 3.92. The lowest BCUT2D eigenvalue weighted by molar-refractivity contribution is 0.102. The lowest BCUT2D eigenvalue weighted by Crippen LogP contribution is -2.11. The van der Waals surface area contributed by atoms with Crippen LogP contribution in [0.1, 0.15) is 15.9 Å². The molecule has 23 heavy (non-hydrogen) atoms. The maximum absolute atomic E-state index is 12.3. The van der Waals surface area contributed by atoms with E-state index in [-0.39, 0.29) is 5.91 Å². The Balaban J connectivity index is 1.77. The number of ether oxygens (including phenoxy) is 1. The number of rotatable bonds is 4. The van der Waals surface area contributed by atoms with E-state index in [1.807, 2.05) is 36.4 Å². The molecular formula is C18H12N2O2S. The van der Waals surface area contributed by atoms with Crippen molar-refractivity contribution in [3.8, 4) is 17.6 Å². The highest BCUT2D eigenvalue weighted by atomic mass is 32.1. The second-order valence-electron chi connectivity index (χ2n) is 4.67. The van der Waals surface area contributed by atoms with E-state index >= 15 is 0 Å². The molecule has 0 saturated carbocycles. The van der Waals surface area contributed by atoms with Crippen LogP contribution in [0.2, 0.25) is 0 Å². The highest BCUT2D eigenvalue weighted by molar-refractivity contribution is 7.14. The van der Waals surface area contributed by atoms with E-state index in [9.17, 15) is 4.79 Å². The SMILES string of the molecule is N#Cc1ccsc1NC(=O)c1cccc(Oc2ccccc2)c1. The van der Waals surface area contributed by atoms with Gasteiger partial charge in [-0.25, -0.2) is 0 Å². The molecule has 0 atom stereocenters. The molecule has 1 N–H and O–H groups in total. The molecule has 4 nitrogen and oxygen atoms in total. The normalized spacial score (nSPS) is 9.87. The van der Waals surface area contributed by atoms with Crippen molar-refractivity contribution in [1.29, 1.82) is 5.26 Å². The van der Waals surface area contributed by atoms with E-state index in [2.05, 4.69) is 5.32 Å². The largest absolute Gasteiger partial charge is 0.457 e. The highest BCUT2D eigenvalue weighted by Gasteiger charge is 2.11. The molecule has 0 bridgehead atoms. The summed E-state index contributed by atoms with van der Waals surface area (Å²) in [5.41, 5.74) is 0.927. The summed E-state index contributed by atoms with van der Waals surface area (Å²) < 4.78 is 5.72. The summed E-state index contributed by atoms with van der Waals surface area (Å²) in [7, 11) is 0. The number of hydrogen-bond donors (Lipinski definition) is 1. The second kappa shape index (κ2) is 6.77. The van der Waals surface area contributed by atoms with Gasteiger partial charge in [0, 0.05) is 5.56 Å². The minimum Gasteiger partial charge on any atom is -0.457 e. The molecule has 0 spiro atoms. The van der Waals surface area contributed by atoms with Gasteiger partial charge in [0.05, 0.1) is 5.56 Å². The van der Waals surface area contributed by atoms with Crippen LogP contribution in [0.25, 0.3) is 0 Å². The first-order valence-corrected chi connectivity index (χ1v) is 7.76. The number of amides is 1. The van der Waals surface area contributed by atoms with Crippen LogP contribution < -0.4 is 10.1 Å². The molecule has 0 unspecified atom stereocenters. The Morgan fingerprint density at radius 1 is 1.04 bits per heavy atom. The van der Waals surface area contributed by atoms with Gasteiger partial charge in [-0.3, -0.25) is 4.79 Å². The Bertz CT molecular complexity index is 866. The van der Waals surface area contributed by atoms with Crippen LogP contribution in [0.3, 0.4) is 0 Å². The van der Waals surface area contributed by atoms with Crippen molar-refractivity contribution in [3.05, 3.63) is 77.2 Å². The number of anilines is 1. The topological polar surface area (TPSA) is 62.1 Å². The molecule has 1 heterocycles. The molecule has 112 valence electrons. The van der Waals surface area contributed by atoms with Gasteiger partial charge in [-0.1, -0.05) is 24.3 Å². The standard InChI is InChI=1S/C18H12N2O2S/c19-12-14-9-10-23-18(14)20-17(21)13-5-4-8-16(11-13)22-15-6-2-1-3-7-15/h1-11H,(H,20,21). The van der Waals surface area contributed by atoms with Gasteiger partial charge in [0.2, 0.25) is 0 Å². The number of hydrogen-bond acceptors (Lipinski definition) is 4. The van der Waals surface area contributed by atoms with Gasteiger partial charge in [0.15, 0.2) is 0 Å². The van der Waals surface area contributed by atoms with E-state index in [4.69, 9.17) is 10.00 Å². The van der Waals surface area contributed by atoms with Gasteiger partial charge in [-0.2, -0.15) is 5.26 Å². The Labute approximate surface area is 137 Å². The molecule has 3 rings (SSSR count). The zero-order chi connectivity index (χ0) is 16.1. The number of thiophene rings is 1. The van der Waals surface area contributed by atoms with E-state index in [0.717, 1.165) is 0 Å². The summed E-state index contributed by atoms with van der Waals surface area (Å²) >= 11 is 1.32. The summed E-state index contributed by atoms with van der Waals surface area (Å²) in [5.74, 6) is 1.01. The molecule has 0 aliphatic rings. The lowest BCUT2D eigenvalue weighted by Gasteiger charge is -2.08. The van der Waals surface area contributed by atoms with E-state index in [1.54, 1.807) is 35.7 Å². The number of carbonyl (C=O) groups excluding carboxylic acids is 1. The van der Waals surface area contributed by atoms with Crippen LogP contribution in [0.5, 0.6) is 11.5 Å². The maximum Gasteiger partial charge on any atom is 0.256 e. The van der Waals surface area contributed by atoms with Gasteiger partial charge in [-0.05, 0) is 41.8 Å². The van der Waals surface area contributed by atoms with Crippen LogP contribution in [-0.4, -0.2) is 5.91 Å². The molecule has 1 aromatic heterocycles. The number of carbonyl (C=O) groups is 1. The van der Waals surface area contributed by atoms with E-state index in [1.165, 1.54) is 11.3 Å². The molecule has 0 aliphatic heterocycles. The minimum atomic E-state index is -0.275. The Kier molecular flexibility index (Phi) is 4.37. The first-order chi connectivity index (χ1) is 11.3. The number of benzene rings is 2. The smallest absolute Gasteiger partial charge is 0.256 e. The number of nitrogens with zero attached hydrogens (tertiary/aromatic N) is 1. The molecule has 3 aromatic rings. The van der Waals surface area contributed by atoms with Gasteiger partial charge >= 0.3 is 0 Å². The van der Waals surface area contributed by atoms with Crippen molar-refractivity contribution in [2.75, 3.05) is 5.32 Å². The van der Waals surface area contributed by atoms with Crippen LogP contribution >= 0.6 is 11.3 Å². The first kappa shape index (κ1) is 14.8. The summed E-state index contributed by atoms with van der Waals surface area (Å²) in [6.45, 7) is 0. The monoisotopic (exact) mass is 320 g/mol. The summed E-state index contributed by atoms with van der Waals surface area (Å²) in [5, 5.41) is 14.0. The number of nitrogens with one attached hydrogen (secondary N) is 1. The fourth-order valence-corrected chi connectivity index (χ4v) is 2.73. The zero-order valence-electron chi connectivity index (χ0n) is 12.0. The van der Waals surface area contributed by atoms with Crippen molar-refractivity contribution in [3.63, 3.8) is 0 Å². The Morgan fingerprint density at radius 3 is 2.61 bits per heavy atom. The summed E-state index contributed by atoms with van der Waals surface area (Å²) in [6.07, 6.45) is 0. The highest BCUT2D eigenvalue weighted by Crippen LogP contribution is 2.25. The zero-order valence-corrected chi connectivity index (χ0v) is 12.8. The van der Waals surface area contributed by atoms with Crippen molar-refractivity contribution in [1.82, 2.24) is 0 Å². The van der Waals surface area contributed by atoms with Gasteiger partial charge in [0.1, 0.15) is 22.6 Å². The van der Waals surface area contributed by atoms with Crippen LogP contribution in [0.4, 0.5) is 5.00 Å².